The number of hydrogen-bond donors (Lipinski definition) is 1. The average molecular weight is 213 g/mol. The Morgan fingerprint density at radius 2 is 2.25 bits per heavy atom. The number of amides is 1. The zero-order valence-electron chi connectivity index (χ0n) is 8.16. The summed E-state index contributed by atoms with van der Waals surface area (Å²) in [6.45, 7) is 0. The SMILES string of the molecule is NC(=O)c1cnn2cc3cnccc3nc12. The van der Waals surface area contributed by atoms with Crippen LogP contribution in [0.15, 0.2) is 30.9 Å². The van der Waals surface area contributed by atoms with Crippen LogP contribution in [0.25, 0.3) is 16.6 Å². The number of carbonyl (C=O) groups is 1. The summed E-state index contributed by atoms with van der Waals surface area (Å²) in [6.07, 6.45) is 6.51. The maximum atomic E-state index is 11.1. The van der Waals surface area contributed by atoms with E-state index in [0.717, 1.165) is 10.9 Å². The fraction of sp³-hybridized carbons (Fsp3) is 0. The van der Waals surface area contributed by atoms with Gasteiger partial charge in [-0.05, 0) is 6.07 Å². The Morgan fingerprint density at radius 1 is 1.38 bits per heavy atom. The van der Waals surface area contributed by atoms with Crippen LogP contribution in [-0.4, -0.2) is 25.5 Å². The first-order valence-corrected chi connectivity index (χ1v) is 4.63. The predicted molar refractivity (Wildman–Crippen MR) is 56.8 cm³/mol. The molecule has 0 saturated carbocycles. The lowest BCUT2D eigenvalue weighted by Gasteiger charge is -1.98. The van der Waals surface area contributed by atoms with Crippen LogP contribution >= 0.6 is 0 Å². The van der Waals surface area contributed by atoms with Gasteiger partial charge in [-0.1, -0.05) is 0 Å². The van der Waals surface area contributed by atoms with E-state index in [4.69, 9.17) is 5.73 Å². The highest BCUT2D eigenvalue weighted by Crippen LogP contribution is 2.13. The Bertz CT molecular complexity index is 703. The molecule has 0 aromatic carbocycles. The second-order valence-electron chi connectivity index (χ2n) is 3.37. The number of nitrogens with zero attached hydrogens (tertiary/aromatic N) is 4. The van der Waals surface area contributed by atoms with Crippen LogP contribution < -0.4 is 5.73 Å². The van der Waals surface area contributed by atoms with E-state index in [0.29, 0.717) is 11.2 Å². The second-order valence-corrected chi connectivity index (χ2v) is 3.37. The number of fused-ring (bicyclic) bond motifs is 2. The Morgan fingerprint density at radius 3 is 3.06 bits per heavy atom. The van der Waals surface area contributed by atoms with Crippen LogP contribution in [0.5, 0.6) is 0 Å². The molecule has 0 aliphatic rings. The van der Waals surface area contributed by atoms with Gasteiger partial charge in [0.1, 0.15) is 5.56 Å². The monoisotopic (exact) mass is 213 g/mol. The fourth-order valence-electron chi connectivity index (χ4n) is 1.58. The zero-order valence-corrected chi connectivity index (χ0v) is 8.16. The molecule has 0 radical (unpaired) electrons. The summed E-state index contributed by atoms with van der Waals surface area (Å²) in [5.41, 5.74) is 6.76. The Kier molecular flexibility index (Phi) is 1.64. The number of carbonyl (C=O) groups excluding carboxylic acids is 1. The third-order valence-corrected chi connectivity index (χ3v) is 2.35. The summed E-state index contributed by atoms with van der Waals surface area (Å²) in [6, 6.07) is 1.77. The van der Waals surface area contributed by atoms with Crippen molar-refractivity contribution in [3.63, 3.8) is 0 Å². The minimum Gasteiger partial charge on any atom is -0.365 e. The molecular formula is C10H7N5O. The molecule has 3 aromatic rings. The molecule has 6 heteroatoms. The van der Waals surface area contributed by atoms with E-state index in [1.165, 1.54) is 10.7 Å². The molecule has 3 aromatic heterocycles. The normalized spacial score (nSPS) is 11.0. The Hall–Kier alpha value is -2.50. The lowest BCUT2D eigenvalue weighted by Crippen LogP contribution is -2.10. The van der Waals surface area contributed by atoms with Gasteiger partial charge in [0.25, 0.3) is 5.91 Å². The van der Waals surface area contributed by atoms with Gasteiger partial charge in [0.15, 0.2) is 5.65 Å². The van der Waals surface area contributed by atoms with Crippen molar-refractivity contribution >= 4 is 22.5 Å². The zero-order chi connectivity index (χ0) is 11.1. The first-order chi connectivity index (χ1) is 7.75. The van der Waals surface area contributed by atoms with Gasteiger partial charge in [0.05, 0.1) is 11.7 Å². The molecular weight excluding hydrogens is 206 g/mol. The third-order valence-electron chi connectivity index (χ3n) is 2.35. The first-order valence-electron chi connectivity index (χ1n) is 4.63. The summed E-state index contributed by atoms with van der Waals surface area (Å²) in [4.78, 5) is 19.4. The highest BCUT2D eigenvalue weighted by atomic mass is 16.1. The minimum atomic E-state index is -0.532. The summed E-state index contributed by atoms with van der Waals surface area (Å²) < 4.78 is 1.52. The lowest BCUT2D eigenvalue weighted by molar-refractivity contribution is 0.100. The van der Waals surface area contributed by atoms with Gasteiger partial charge >= 0.3 is 0 Å². The van der Waals surface area contributed by atoms with Crippen molar-refractivity contribution in [3.8, 4) is 0 Å². The maximum Gasteiger partial charge on any atom is 0.254 e. The van der Waals surface area contributed by atoms with Crippen LogP contribution in [0.1, 0.15) is 10.4 Å². The van der Waals surface area contributed by atoms with E-state index >= 15 is 0 Å². The molecule has 0 spiro atoms. The standard InChI is InChI=1S/C10H7N5O/c11-9(16)7-4-13-15-5-6-3-12-2-1-8(6)14-10(7)15/h1-5H,(H2,11,16). The second kappa shape index (κ2) is 2.99. The van der Waals surface area contributed by atoms with Crippen LogP contribution in [-0.2, 0) is 0 Å². The van der Waals surface area contributed by atoms with Crippen molar-refractivity contribution in [1.82, 2.24) is 19.6 Å². The smallest absolute Gasteiger partial charge is 0.254 e. The van der Waals surface area contributed by atoms with Gasteiger partial charge in [-0.2, -0.15) is 5.10 Å². The highest BCUT2D eigenvalue weighted by molar-refractivity contribution is 5.99. The van der Waals surface area contributed by atoms with Crippen molar-refractivity contribution in [2.24, 2.45) is 5.73 Å². The van der Waals surface area contributed by atoms with Crippen molar-refractivity contribution < 1.29 is 4.79 Å². The molecule has 3 rings (SSSR count). The van der Waals surface area contributed by atoms with Crippen LogP contribution in [0.3, 0.4) is 0 Å². The molecule has 78 valence electrons. The molecule has 3 heterocycles. The number of nitrogens with two attached hydrogens (primary N) is 1. The molecule has 1 amide bonds. The maximum absolute atomic E-state index is 11.1. The van der Waals surface area contributed by atoms with Gasteiger partial charge in [0.2, 0.25) is 0 Å². The van der Waals surface area contributed by atoms with E-state index in [9.17, 15) is 4.79 Å². The van der Waals surface area contributed by atoms with Crippen molar-refractivity contribution in [1.29, 1.82) is 0 Å². The molecule has 0 atom stereocenters. The number of hydrogen-bond acceptors (Lipinski definition) is 4. The molecule has 0 bridgehead atoms. The van der Waals surface area contributed by atoms with Gasteiger partial charge in [-0.3, -0.25) is 9.78 Å². The van der Waals surface area contributed by atoms with E-state index in [-0.39, 0.29) is 0 Å². The largest absolute Gasteiger partial charge is 0.365 e. The topological polar surface area (TPSA) is 86.2 Å². The van der Waals surface area contributed by atoms with Crippen molar-refractivity contribution in [3.05, 3.63) is 36.4 Å². The molecule has 0 aliphatic heterocycles. The molecule has 2 N–H and O–H groups in total. The lowest BCUT2D eigenvalue weighted by atomic mass is 10.3. The number of aromatic nitrogens is 4. The first kappa shape index (κ1) is 8.78. The van der Waals surface area contributed by atoms with Crippen molar-refractivity contribution in [2.75, 3.05) is 0 Å². The summed E-state index contributed by atoms with van der Waals surface area (Å²) >= 11 is 0. The molecule has 6 nitrogen and oxygen atoms in total. The molecule has 0 unspecified atom stereocenters. The molecule has 16 heavy (non-hydrogen) atoms. The number of rotatable bonds is 1. The summed E-state index contributed by atoms with van der Waals surface area (Å²) in [5.74, 6) is -0.532. The van der Waals surface area contributed by atoms with Gasteiger partial charge < -0.3 is 5.73 Å². The van der Waals surface area contributed by atoms with E-state index in [1.807, 2.05) is 0 Å². The van der Waals surface area contributed by atoms with Crippen LogP contribution in [0, 0.1) is 0 Å². The fourth-order valence-corrected chi connectivity index (χ4v) is 1.58. The predicted octanol–water partition coefficient (Wildman–Crippen LogP) is 0.376. The minimum absolute atomic E-state index is 0.318. The summed E-state index contributed by atoms with van der Waals surface area (Å²) in [5, 5.41) is 4.87. The van der Waals surface area contributed by atoms with Crippen molar-refractivity contribution in [2.45, 2.75) is 0 Å². The van der Waals surface area contributed by atoms with Gasteiger partial charge in [-0.15, -0.1) is 0 Å². The molecule has 0 aliphatic carbocycles. The van der Waals surface area contributed by atoms with Crippen LogP contribution in [0.4, 0.5) is 0 Å². The van der Waals surface area contributed by atoms with Gasteiger partial charge in [-0.25, -0.2) is 9.50 Å². The van der Waals surface area contributed by atoms with Crippen LogP contribution in [0.2, 0.25) is 0 Å². The average Bonchev–Trinajstić information content (AvgIpc) is 2.68. The third kappa shape index (κ3) is 1.13. The summed E-state index contributed by atoms with van der Waals surface area (Å²) in [7, 11) is 0. The Balaban J connectivity index is 2.45. The number of pyridine rings is 1. The van der Waals surface area contributed by atoms with E-state index < -0.39 is 5.91 Å². The van der Waals surface area contributed by atoms with E-state index in [2.05, 4.69) is 15.1 Å². The van der Waals surface area contributed by atoms with Gasteiger partial charge in [0, 0.05) is 24.0 Å². The molecule has 0 saturated heterocycles. The number of primary amides is 1. The Labute approximate surface area is 89.7 Å². The quantitative estimate of drug-likeness (QED) is 0.633. The van der Waals surface area contributed by atoms with E-state index in [1.54, 1.807) is 24.7 Å². The molecule has 0 fully saturated rings. The highest BCUT2D eigenvalue weighted by Gasteiger charge is 2.11.